The van der Waals surface area contributed by atoms with Crippen molar-refractivity contribution in [2.45, 2.75) is 182 Å². The monoisotopic (exact) mass is 1270 g/mol. The molecule has 15 heteroatoms. The Morgan fingerprint density at radius 3 is 2.02 bits per heavy atom. The highest BCUT2D eigenvalue weighted by Gasteiger charge is 2.59. The lowest BCUT2D eigenvalue weighted by Crippen LogP contribution is -2.53. The van der Waals surface area contributed by atoms with E-state index in [-0.39, 0.29) is 49.7 Å². The van der Waals surface area contributed by atoms with Gasteiger partial charge in [0.05, 0.1) is 20.3 Å². The molecule has 0 heterocycles. The summed E-state index contributed by atoms with van der Waals surface area (Å²) in [4.78, 5) is 70.8. The minimum Gasteiger partial charge on any atom is -0.497 e. The normalized spacial score (nSPS) is 22.3. The summed E-state index contributed by atoms with van der Waals surface area (Å²) in [6, 6.07) is 36.9. The van der Waals surface area contributed by atoms with E-state index in [1.807, 2.05) is 85.8 Å². The first kappa shape index (κ1) is 69.7. The Morgan fingerprint density at radius 2 is 1.31 bits per heavy atom. The minimum atomic E-state index is -1.10. The first-order chi connectivity index (χ1) is 44.9. The van der Waals surface area contributed by atoms with Gasteiger partial charge in [-0.25, -0.2) is 4.79 Å². The van der Waals surface area contributed by atoms with Crippen LogP contribution in [-0.4, -0.2) is 81.9 Å². The summed E-state index contributed by atoms with van der Waals surface area (Å²) >= 11 is 0. The average Bonchev–Trinajstić information content (AvgIpc) is 1.70. The summed E-state index contributed by atoms with van der Waals surface area (Å²) in [6.07, 6.45) is 18.1. The van der Waals surface area contributed by atoms with Crippen molar-refractivity contribution < 1.29 is 47.7 Å². The average molecular weight is 1270 g/mol. The molecule has 4 aliphatic carbocycles. The van der Waals surface area contributed by atoms with Gasteiger partial charge in [-0.1, -0.05) is 126 Å². The van der Waals surface area contributed by atoms with Crippen LogP contribution in [-0.2, 0) is 41.7 Å². The second kappa shape index (κ2) is 33.5. The van der Waals surface area contributed by atoms with Crippen molar-refractivity contribution in [3.05, 3.63) is 156 Å². The van der Waals surface area contributed by atoms with Crippen LogP contribution >= 0.6 is 0 Å². The van der Waals surface area contributed by atoms with Crippen LogP contribution in [0.25, 0.3) is 0 Å². The number of ether oxygens (including phenoxy) is 5. The first-order valence-corrected chi connectivity index (χ1v) is 34.5. The van der Waals surface area contributed by atoms with E-state index in [9.17, 15) is 24.0 Å². The highest BCUT2D eigenvalue weighted by atomic mass is 16.7. The maximum Gasteiger partial charge on any atom is 0.514 e. The van der Waals surface area contributed by atoms with E-state index in [0.29, 0.717) is 67.1 Å². The summed E-state index contributed by atoms with van der Waals surface area (Å²) in [7, 11) is 3.21. The maximum atomic E-state index is 14.7. The van der Waals surface area contributed by atoms with E-state index in [2.05, 4.69) is 66.9 Å². The van der Waals surface area contributed by atoms with Crippen molar-refractivity contribution in [3.8, 4) is 17.2 Å². The second-order valence-corrected chi connectivity index (χ2v) is 27.8. The molecular formula is C78H103N5O10. The highest BCUT2D eigenvalue weighted by Crippen LogP contribution is 2.67. The predicted octanol–water partition coefficient (Wildman–Crippen LogP) is 15.6. The molecule has 4 aliphatic rings. The van der Waals surface area contributed by atoms with Crippen LogP contribution in [0.1, 0.15) is 160 Å². The molecule has 0 unspecified atom stereocenters. The third kappa shape index (κ3) is 19.0. The summed E-state index contributed by atoms with van der Waals surface area (Å²) in [5.41, 5.74) is 7.23. The molecule has 5 aromatic carbocycles. The number of amides is 4. The largest absolute Gasteiger partial charge is 0.514 e. The van der Waals surface area contributed by atoms with E-state index in [1.54, 1.807) is 68.3 Å². The molecule has 0 spiro atoms. The number of benzene rings is 5. The van der Waals surface area contributed by atoms with Gasteiger partial charge >= 0.3 is 6.16 Å². The lowest BCUT2D eigenvalue weighted by atomic mass is 9.47. The van der Waals surface area contributed by atoms with Gasteiger partial charge in [0.25, 0.3) is 0 Å². The first-order valence-electron chi connectivity index (χ1n) is 34.5. The van der Waals surface area contributed by atoms with Crippen molar-refractivity contribution in [1.82, 2.24) is 16.0 Å². The predicted molar refractivity (Wildman–Crippen MR) is 368 cm³/mol. The Kier molecular flexibility index (Phi) is 25.1. The smallest absolute Gasteiger partial charge is 0.497 e. The van der Waals surface area contributed by atoms with Gasteiger partial charge in [-0.2, -0.15) is 0 Å². The summed E-state index contributed by atoms with van der Waals surface area (Å²) in [5.74, 6) is 4.87. The molecule has 0 aromatic heterocycles. The molecule has 15 nitrogen and oxygen atoms in total. The van der Waals surface area contributed by atoms with Gasteiger partial charge in [0, 0.05) is 56.0 Å². The number of nitrogens with zero attached hydrogens (tertiary/aromatic N) is 1. The Bertz CT molecular complexity index is 3250. The van der Waals surface area contributed by atoms with E-state index < -0.39 is 36.0 Å². The van der Waals surface area contributed by atoms with Crippen LogP contribution in [0.4, 0.5) is 21.9 Å². The molecule has 9 rings (SSSR count). The van der Waals surface area contributed by atoms with Crippen molar-refractivity contribution in [2.24, 2.45) is 46.3 Å². The SMILES string of the molecule is COc1ccc(C[C@H](NC(=O)CCC(=O)NCCCO[C@H]2CC[C@@]3(C)C(=CC[C@H]4[C@@H]5CC[C@H]([C@H](C)CCCC(C)C)[C@@]5(C)CC[C@@H]43)C2)C(=O)N[C@@H](CCCCN(c2ccccc2)c2ccc(OC)cc2)C(=O)Nc2ccc(COC(=O)Oc3ccc(C)cc3)cc2)cc1. The Balaban J connectivity index is 0.774. The summed E-state index contributed by atoms with van der Waals surface area (Å²) in [6.45, 7) is 16.0. The van der Waals surface area contributed by atoms with Crippen LogP contribution in [0.5, 0.6) is 17.2 Å². The number of carbonyl (C=O) groups is 5. The number of carbonyl (C=O) groups excluding carboxylic acids is 5. The van der Waals surface area contributed by atoms with Crippen LogP contribution in [0.15, 0.2) is 139 Å². The number of hydrogen-bond acceptors (Lipinski definition) is 11. The van der Waals surface area contributed by atoms with E-state index in [4.69, 9.17) is 23.7 Å². The fraction of sp³-hybridized carbons (Fsp3) is 0.526. The van der Waals surface area contributed by atoms with E-state index in [1.165, 1.54) is 57.8 Å². The summed E-state index contributed by atoms with van der Waals surface area (Å²) in [5, 5.41) is 11.9. The van der Waals surface area contributed by atoms with Gasteiger partial charge in [-0.15, -0.1) is 0 Å². The Morgan fingerprint density at radius 1 is 0.634 bits per heavy atom. The molecule has 0 aliphatic heterocycles. The topological polar surface area (TPSA) is 183 Å². The third-order valence-electron chi connectivity index (χ3n) is 21.1. The molecule has 4 N–H and O–H groups in total. The number of rotatable bonds is 32. The maximum absolute atomic E-state index is 14.7. The van der Waals surface area contributed by atoms with E-state index in [0.717, 1.165) is 76.6 Å². The molecule has 0 bridgehead atoms. The number of methoxy groups -OCH3 is 2. The fourth-order valence-electron chi connectivity index (χ4n) is 15.9. The van der Waals surface area contributed by atoms with Gasteiger partial charge in [-0.05, 0) is 214 Å². The van der Waals surface area contributed by atoms with Gasteiger partial charge in [0.2, 0.25) is 23.6 Å². The summed E-state index contributed by atoms with van der Waals surface area (Å²) < 4.78 is 28.0. The van der Waals surface area contributed by atoms with Crippen molar-refractivity contribution in [1.29, 1.82) is 0 Å². The standard InChI is InChI=1S/C78H103N5O10/c1-53(2)16-14-17-55(4)67-39-40-68-66-38-27-58-51-65(43-45-77(58,5)69(66)44-46-78(67,68)6)91-49-15-47-79-72(84)41-42-73(85)81-71(50-56-25-34-62(89-7)35-26-56)75(87)82-70(20-12-13-48-83(60-18-10-9-11-19-60)61-30-36-63(90-8)37-31-61)74(86)80-59-28-23-57(24-29-59)52-92-76(88)93-64-32-21-54(3)22-33-64/h9-11,18-19,21-37,53,55,65-71H,12-17,20,38-52H2,1-8H3,(H,79,84)(H,80,86)(H,81,85)(H,82,87)/t55-,65+,66+,67-,68+,69+,70+,71+,77+,78-/m1/s1. The van der Waals surface area contributed by atoms with Gasteiger partial charge in [0.15, 0.2) is 0 Å². The Hall–Kier alpha value is -7.65. The molecular weight excluding hydrogens is 1170 g/mol. The number of allylic oxidation sites excluding steroid dienone is 1. The number of nitrogens with one attached hydrogen (secondary N) is 4. The fourth-order valence-corrected chi connectivity index (χ4v) is 15.9. The lowest BCUT2D eigenvalue weighted by Gasteiger charge is -2.58. The molecule has 500 valence electrons. The van der Waals surface area contributed by atoms with E-state index >= 15 is 0 Å². The van der Waals surface area contributed by atoms with Crippen LogP contribution in [0, 0.1) is 53.3 Å². The molecule has 93 heavy (non-hydrogen) atoms. The molecule has 10 atom stereocenters. The molecule has 3 fully saturated rings. The van der Waals surface area contributed by atoms with Crippen molar-refractivity contribution >= 4 is 46.8 Å². The zero-order chi connectivity index (χ0) is 65.9. The number of fused-ring (bicyclic) bond motifs is 5. The number of hydrogen-bond donors (Lipinski definition) is 4. The zero-order valence-electron chi connectivity index (χ0n) is 56.5. The van der Waals surface area contributed by atoms with Gasteiger partial charge in [-0.3, -0.25) is 19.2 Å². The van der Waals surface area contributed by atoms with Crippen LogP contribution in [0.2, 0.25) is 0 Å². The van der Waals surface area contributed by atoms with Crippen molar-refractivity contribution in [2.75, 3.05) is 44.1 Å². The highest BCUT2D eigenvalue weighted by molar-refractivity contribution is 5.98. The van der Waals surface area contributed by atoms with Crippen LogP contribution < -0.4 is 40.4 Å². The van der Waals surface area contributed by atoms with Crippen LogP contribution in [0.3, 0.4) is 0 Å². The van der Waals surface area contributed by atoms with Crippen molar-refractivity contribution in [3.63, 3.8) is 0 Å². The second-order valence-electron chi connectivity index (χ2n) is 27.8. The number of unbranched alkanes of at least 4 members (excludes halogenated alkanes) is 1. The number of para-hydroxylation sites is 1. The molecule has 3 saturated carbocycles. The molecule has 0 radical (unpaired) electrons. The zero-order valence-corrected chi connectivity index (χ0v) is 56.5. The Labute approximate surface area is 553 Å². The molecule has 0 saturated heterocycles. The molecule has 4 amide bonds. The lowest BCUT2D eigenvalue weighted by molar-refractivity contribution is -0.131. The quantitative estimate of drug-likeness (QED) is 0.0139. The minimum absolute atomic E-state index is 0.0614. The molecule has 5 aromatic rings. The third-order valence-corrected chi connectivity index (χ3v) is 21.1. The number of anilines is 3. The van der Waals surface area contributed by atoms with Gasteiger partial charge < -0.3 is 49.9 Å². The van der Waals surface area contributed by atoms with Gasteiger partial charge in [0.1, 0.15) is 35.9 Å². The number of aryl methyl sites for hydroxylation is 1.